The van der Waals surface area contributed by atoms with Crippen molar-refractivity contribution in [3.63, 3.8) is 0 Å². The maximum absolute atomic E-state index is 13.7. The summed E-state index contributed by atoms with van der Waals surface area (Å²) in [7, 11) is 4.65. The number of carbonyl (C=O) groups is 2. The van der Waals surface area contributed by atoms with Gasteiger partial charge in [-0.25, -0.2) is 4.90 Å². The number of nitrogens with one attached hydrogen (secondary N) is 1. The van der Waals surface area contributed by atoms with Crippen LogP contribution in [0.2, 0.25) is 0 Å². The predicted octanol–water partition coefficient (Wildman–Crippen LogP) is 4.73. The van der Waals surface area contributed by atoms with Crippen molar-refractivity contribution < 1.29 is 23.8 Å². The van der Waals surface area contributed by atoms with Gasteiger partial charge in [-0.1, -0.05) is 18.2 Å². The molecule has 0 saturated heterocycles. The molecule has 0 spiro atoms. The largest absolute Gasteiger partial charge is 0.497 e. The Labute approximate surface area is 198 Å². The lowest BCUT2D eigenvalue weighted by Crippen LogP contribution is -2.32. The number of amides is 2. The monoisotopic (exact) mass is 458 g/mol. The van der Waals surface area contributed by atoms with Crippen molar-refractivity contribution in [3.8, 4) is 17.2 Å². The quantitative estimate of drug-likeness (QED) is 0.516. The van der Waals surface area contributed by atoms with Crippen molar-refractivity contribution in [2.45, 2.75) is 13.8 Å². The first-order valence-electron chi connectivity index (χ1n) is 10.7. The summed E-state index contributed by atoms with van der Waals surface area (Å²) >= 11 is 0. The number of hydrogen-bond acceptors (Lipinski definition) is 6. The van der Waals surface area contributed by atoms with Gasteiger partial charge in [0.2, 0.25) is 0 Å². The normalized spacial score (nSPS) is 13.4. The van der Waals surface area contributed by atoms with E-state index in [4.69, 9.17) is 14.2 Å². The van der Waals surface area contributed by atoms with E-state index in [9.17, 15) is 9.59 Å². The third kappa shape index (κ3) is 4.08. The van der Waals surface area contributed by atoms with Gasteiger partial charge in [0, 0.05) is 6.07 Å². The molecule has 1 aliphatic rings. The van der Waals surface area contributed by atoms with Crippen molar-refractivity contribution in [1.82, 2.24) is 0 Å². The topological polar surface area (TPSA) is 77.1 Å². The maximum atomic E-state index is 13.7. The van der Waals surface area contributed by atoms with Crippen LogP contribution < -0.4 is 24.4 Å². The molecule has 0 bridgehead atoms. The summed E-state index contributed by atoms with van der Waals surface area (Å²) in [6.07, 6.45) is 0. The minimum Gasteiger partial charge on any atom is -0.497 e. The van der Waals surface area contributed by atoms with Gasteiger partial charge in [0.05, 0.1) is 38.3 Å². The van der Waals surface area contributed by atoms with Crippen LogP contribution in [0.25, 0.3) is 5.57 Å². The standard InChI is InChI=1S/C27H26N2O5/c1-16-6-7-18(14-17(16)2)24-25(28-22-15-21(33-4)12-13-23(22)34-5)27(31)29(26(24)30)19-8-10-20(32-3)11-9-19/h6-15,28H,1-5H3. The Morgan fingerprint density at radius 3 is 2.00 bits per heavy atom. The zero-order chi connectivity index (χ0) is 24.4. The minimum absolute atomic E-state index is 0.163. The molecule has 1 aliphatic heterocycles. The van der Waals surface area contributed by atoms with Crippen LogP contribution in [-0.4, -0.2) is 33.1 Å². The van der Waals surface area contributed by atoms with Crippen molar-refractivity contribution in [3.05, 3.63) is 83.1 Å². The van der Waals surface area contributed by atoms with Crippen molar-refractivity contribution in [2.75, 3.05) is 31.5 Å². The summed E-state index contributed by atoms with van der Waals surface area (Å²) < 4.78 is 16.0. The number of hydrogen-bond donors (Lipinski definition) is 1. The van der Waals surface area contributed by atoms with Gasteiger partial charge in [-0.2, -0.15) is 0 Å². The molecular formula is C27H26N2O5. The summed E-state index contributed by atoms with van der Waals surface area (Å²) in [5, 5.41) is 3.16. The van der Waals surface area contributed by atoms with Crippen LogP contribution in [0.3, 0.4) is 0 Å². The molecule has 174 valence electrons. The van der Waals surface area contributed by atoms with E-state index in [1.807, 2.05) is 32.0 Å². The lowest BCUT2D eigenvalue weighted by molar-refractivity contribution is -0.120. The molecule has 0 atom stereocenters. The highest BCUT2D eigenvalue weighted by Gasteiger charge is 2.40. The average Bonchev–Trinajstić information content (AvgIpc) is 3.09. The number of anilines is 2. The van der Waals surface area contributed by atoms with Crippen LogP contribution in [0.1, 0.15) is 16.7 Å². The smallest absolute Gasteiger partial charge is 0.282 e. The molecule has 0 radical (unpaired) electrons. The van der Waals surface area contributed by atoms with Gasteiger partial charge in [-0.15, -0.1) is 0 Å². The predicted molar refractivity (Wildman–Crippen MR) is 131 cm³/mol. The molecule has 1 N–H and O–H groups in total. The lowest BCUT2D eigenvalue weighted by atomic mass is 9.99. The third-order valence-electron chi connectivity index (χ3n) is 5.88. The first-order valence-corrected chi connectivity index (χ1v) is 10.7. The van der Waals surface area contributed by atoms with Crippen LogP contribution in [0, 0.1) is 13.8 Å². The van der Waals surface area contributed by atoms with Crippen LogP contribution >= 0.6 is 0 Å². The van der Waals surface area contributed by atoms with E-state index in [-0.39, 0.29) is 11.3 Å². The van der Waals surface area contributed by atoms with Gasteiger partial charge in [0.15, 0.2) is 0 Å². The lowest BCUT2D eigenvalue weighted by Gasteiger charge is -2.16. The molecule has 7 heteroatoms. The molecule has 1 heterocycles. The first kappa shape index (κ1) is 22.9. The van der Waals surface area contributed by atoms with Crippen molar-refractivity contribution in [1.29, 1.82) is 0 Å². The Balaban J connectivity index is 1.85. The molecule has 4 rings (SSSR count). The summed E-state index contributed by atoms with van der Waals surface area (Å²) in [5.74, 6) is 0.844. The second-order valence-corrected chi connectivity index (χ2v) is 7.88. The molecule has 3 aromatic carbocycles. The van der Waals surface area contributed by atoms with Crippen molar-refractivity contribution >= 4 is 28.8 Å². The van der Waals surface area contributed by atoms with Gasteiger partial charge in [-0.3, -0.25) is 9.59 Å². The van der Waals surface area contributed by atoms with E-state index in [0.29, 0.717) is 34.2 Å². The van der Waals surface area contributed by atoms with Crippen LogP contribution in [-0.2, 0) is 9.59 Å². The highest BCUT2D eigenvalue weighted by molar-refractivity contribution is 6.46. The molecule has 34 heavy (non-hydrogen) atoms. The Bertz CT molecular complexity index is 1290. The number of imide groups is 1. The summed E-state index contributed by atoms with van der Waals surface area (Å²) in [4.78, 5) is 28.5. The second kappa shape index (κ2) is 9.31. The molecule has 0 unspecified atom stereocenters. The van der Waals surface area contributed by atoms with Gasteiger partial charge in [0.1, 0.15) is 22.9 Å². The SMILES string of the molecule is COc1ccc(N2C(=O)C(Nc3cc(OC)ccc3OC)=C(c3ccc(C)c(C)c3)C2=O)cc1. The number of carbonyl (C=O) groups excluding carboxylic acids is 2. The molecular weight excluding hydrogens is 432 g/mol. The molecule has 0 fully saturated rings. The number of nitrogens with zero attached hydrogens (tertiary/aromatic N) is 1. The molecule has 3 aromatic rings. The minimum atomic E-state index is -0.465. The van der Waals surface area contributed by atoms with Crippen LogP contribution in [0.5, 0.6) is 17.2 Å². The third-order valence-corrected chi connectivity index (χ3v) is 5.88. The van der Waals surface area contributed by atoms with Crippen molar-refractivity contribution in [2.24, 2.45) is 0 Å². The fraction of sp³-hybridized carbons (Fsp3) is 0.185. The zero-order valence-corrected chi connectivity index (χ0v) is 19.8. The molecule has 0 aliphatic carbocycles. The van der Waals surface area contributed by atoms with E-state index < -0.39 is 11.8 Å². The Morgan fingerprint density at radius 1 is 0.706 bits per heavy atom. The molecule has 2 amide bonds. The van der Waals surface area contributed by atoms with E-state index >= 15 is 0 Å². The highest BCUT2D eigenvalue weighted by Crippen LogP contribution is 2.37. The number of rotatable bonds is 7. The van der Waals surface area contributed by atoms with E-state index in [2.05, 4.69) is 5.32 Å². The molecule has 0 saturated carbocycles. The summed E-state index contributed by atoms with van der Waals surface area (Å²) in [6.45, 7) is 3.97. The van der Waals surface area contributed by atoms with E-state index in [1.54, 1.807) is 56.7 Å². The van der Waals surface area contributed by atoms with E-state index in [0.717, 1.165) is 11.1 Å². The maximum Gasteiger partial charge on any atom is 0.282 e. The number of ether oxygens (including phenoxy) is 3. The number of aryl methyl sites for hydroxylation is 2. The zero-order valence-electron chi connectivity index (χ0n) is 19.8. The Morgan fingerprint density at radius 2 is 1.38 bits per heavy atom. The molecule has 0 aromatic heterocycles. The fourth-order valence-corrected chi connectivity index (χ4v) is 3.82. The molecule has 7 nitrogen and oxygen atoms in total. The average molecular weight is 459 g/mol. The fourth-order valence-electron chi connectivity index (χ4n) is 3.82. The van der Waals surface area contributed by atoms with Gasteiger partial charge >= 0.3 is 0 Å². The van der Waals surface area contributed by atoms with E-state index in [1.165, 1.54) is 12.0 Å². The van der Waals surface area contributed by atoms with Crippen LogP contribution in [0.4, 0.5) is 11.4 Å². The summed E-state index contributed by atoms with van der Waals surface area (Å²) in [5.41, 5.74) is 4.18. The Hall–Kier alpha value is -4.26. The number of benzene rings is 3. The van der Waals surface area contributed by atoms with Crippen LogP contribution in [0.15, 0.2) is 66.4 Å². The Kier molecular flexibility index (Phi) is 6.27. The second-order valence-electron chi connectivity index (χ2n) is 7.88. The number of methoxy groups -OCH3 is 3. The highest BCUT2D eigenvalue weighted by atomic mass is 16.5. The van der Waals surface area contributed by atoms with Gasteiger partial charge < -0.3 is 19.5 Å². The first-order chi connectivity index (χ1) is 16.4. The van der Waals surface area contributed by atoms with Gasteiger partial charge in [0.25, 0.3) is 11.8 Å². The summed E-state index contributed by atoms with van der Waals surface area (Å²) in [6, 6.07) is 17.7. The van der Waals surface area contributed by atoms with Gasteiger partial charge in [-0.05, 0) is 66.9 Å².